The molecule has 0 aliphatic heterocycles. The Labute approximate surface area is 170 Å². The normalized spacial score (nSPS) is 10.6. The second-order valence-electron chi connectivity index (χ2n) is 6.01. The maximum Gasteiger partial charge on any atom is 0.235 e. The molecular weight excluding hydrogens is 426 g/mol. The summed E-state index contributed by atoms with van der Waals surface area (Å²) in [5.74, 6) is 1.38. The molecule has 3 aromatic rings. The van der Waals surface area contributed by atoms with Gasteiger partial charge in [-0.25, -0.2) is 0 Å². The fourth-order valence-corrected chi connectivity index (χ4v) is 4.07. The number of rotatable bonds is 6. The summed E-state index contributed by atoms with van der Waals surface area (Å²) >= 11 is 4.87. The summed E-state index contributed by atoms with van der Waals surface area (Å²) in [6, 6.07) is 13.7. The Bertz CT molecular complexity index is 1000. The highest BCUT2D eigenvalue weighted by molar-refractivity contribution is 9.10. The van der Waals surface area contributed by atoms with Crippen molar-refractivity contribution in [3.8, 4) is 6.07 Å². The number of carbonyl (C=O) groups excluding carboxylic acids is 1. The van der Waals surface area contributed by atoms with Crippen molar-refractivity contribution in [2.24, 2.45) is 0 Å². The summed E-state index contributed by atoms with van der Waals surface area (Å²) < 4.78 is 8.31. The minimum Gasteiger partial charge on any atom is -0.467 e. The second-order valence-corrected chi connectivity index (χ2v) is 7.97. The lowest BCUT2D eigenvalue weighted by atomic mass is 10.2. The number of nitrogens with zero attached hydrogens (tertiary/aromatic N) is 2. The lowest BCUT2D eigenvalue weighted by molar-refractivity contribution is -0.113. The fraction of sp³-hybridized carbons (Fsp3) is 0.200. The highest BCUT2D eigenvalue weighted by Crippen LogP contribution is 2.28. The molecule has 7 heteroatoms. The predicted molar refractivity (Wildman–Crippen MR) is 110 cm³/mol. The van der Waals surface area contributed by atoms with Crippen molar-refractivity contribution < 1.29 is 9.21 Å². The zero-order chi connectivity index (χ0) is 19.4. The van der Waals surface area contributed by atoms with Crippen LogP contribution in [0.25, 0.3) is 0 Å². The van der Waals surface area contributed by atoms with Crippen molar-refractivity contribution >= 4 is 39.4 Å². The number of amides is 1. The molecule has 0 aliphatic rings. The number of carbonyl (C=O) groups is 1. The van der Waals surface area contributed by atoms with E-state index in [0.29, 0.717) is 17.9 Å². The molecule has 5 nitrogen and oxygen atoms in total. The molecule has 27 heavy (non-hydrogen) atoms. The van der Waals surface area contributed by atoms with Gasteiger partial charge in [-0.3, -0.25) is 4.79 Å². The van der Waals surface area contributed by atoms with Crippen LogP contribution in [0, 0.1) is 25.2 Å². The summed E-state index contributed by atoms with van der Waals surface area (Å²) in [5, 5.41) is 12.5. The predicted octanol–water partition coefficient (Wildman–Crippen LogP) is 5.11. The van der Waals surface area contributed by atoms with E-state index >= 15 is 0 Å². The number of nitriles is 1. The Morgan fingerprint density at radius 3 is 2.81 bits per heavy atom. The maximum absolute atomic E-state index is 12.5. The molecule has 0 bridgehead atoms. The van der Waals surface area contributed by atoms with Gasteiger partial charge in [0.15, 0.2) is 0 Å². The van der Waals surface area contributed by atoms with Crippen LogP contribution in [0.15, 0.2) is 56.4 Å². The molecule has 138 valence electrons. The number of benzene rings is 1. The highest BCUT2D eigenvalue weighted by Gasteiger charge is 2.20. The Morgan fingerprint density at radius 1 is 1.33 bits per heavy atom. The minimum absolute atomic E-state index is 0.158. The Kier molecular flexibility index (Phi) is 6.09. The van der Waals surface area contributed by atoms with Crippen LogP contribution in [0.1, 0.15) is 22.6 Å². The van der Waals surface area contributed by atoms with Crippen molar-refractivity contribution in [2.75, 3.05) is 11.1 Å². The van der Waals surface area contributed by atoms with Crippen LogP contribution >= 0.6 is 27.7 Å². The van der Waals surface area contributed by atoms with Gasteiger partial charge in [-0.1, -0.05) is 22.0 Å². The third-order valence-electron chi connectivity index (χ3n) is 4.26. The van der Waals surface area contributed by atoms with Crippen LogP contribution in [0.3, 0.4) is 0 Å². The molecule has 2 heterocycles. The van der Waals surface area contributed by atoms with Gasteiger partial charge in [-0.2, -0.15) is 5.26 Å². The molecule has 3 rings (SSSR count). The Balaban J connectivity index is 1.79. The maximum atomic E-state index is 12.5. The van der Waals surface area contributed by atoms with Crippen LogP contribution < -0.4 is 5.32 Å². The summed E-state index contributed by atoms with van der Waals surface area (Å²) in [6.07, 6.45) is 1.61. The summed E-state index contributed by atoms with van der Waals surface area (Å²) in [6.45, 7) is 4.28. The van der Waals surface area contributed by atoms with Crippen molar-refractivity contribution in [3.63, 3.8) is 0 Å². The van der Waals surface area contributed by atoms with Gasteiger partial charge in [0.05, 0.1) is 24.1 Å². The van der Waals surface area contributed by atoms with Crippen LogP contribution in [-0.2, 0) is 11.3 Å². The molecule has 0 fully saturated rings. The van der Waals surface area contributed by atoms with E-state index < -0.39 is 0 Å². The topological polar surface area (TPSA) is 71.0 Å². The van der Waals surface area contributed by atoms with E-state index in [1.54, 1.807) is 6.26 Å². The van der Waals surface area contributed by atoms with Gasteiger partial charge in [0.25, 0.3) is 0 Å². The number of hydrogen-bond donors (Lipinski definition) is 1. The zero-order valence-corrected chi connectivity index (χ0v) is 17.4. The van der Waals surface area contributed by atoms with Gasteiger partial charge in [0.1, 0.15) is 17.6 Å². The number of aromatic nitrogens is 1. The molecule has 0 radical (unpaired) electrons. The van der Waals surface area contributed by atoms with Crippen LogP contribution in [0.2, 0.25) is 0 Å². The molecule has 0 aliphatic carbocycles. The van der Waals surface area contributed by atoms with Crippen molar-refractivity contribution in [1.29, 1.82) is 5.26 Å². The van der Waals surface area contributed by atoms with E-state index in [2.05, 4.69) is 27.3 Å². The van der Waals surface area contributed by atoms with Gasteiger partial charge >= 0.3 is 0 Å². The van der Waals surface area contributed by atoms with E-state index in [-0.39, 0.29) is 11.7 Å². The van der Waals surface area contributed by atoms with Crippen molar-refractivity contribution in [1.82, 2.24) is 4.57 Å². The average Bonchev–Trinajstić information content (AvgIpc) is 3.23. The van der Waals surface area contributed by atoms with E-state index in [0.717, 1.165) is 26.4 Å². The van der Waals surface area contributed by atoms with E-state index in [1.165, 1.54) is 11.8 Å². The van der Waals surface area contributed by atoms with Gasteiger partial charge in [0.2, 0.25) is 5.91 Å². The number of hydrogen-bond acceptors (Lipinski definition) is 4. The Morgan fingerprint density at radius 2 is 2.15 bits per heavy atom. The Hall–Kier alpha value is -2.43. The first-order valence-corrected chi connectivity index (χ1v) is 10.1. The van der Waals surface area contributed by atoms with Crippen LogP contribution in [-0.4, -0.2) is 16.2 Å². The molecule has 1 aromatic carbocycles. The van der Waals surface area contributed by atoms with Crippen LogP contribution in [0.4, 0.5) is 5.82 Å². The van der Waals surface area contributed by atoms with E-state index in [9.17, 15) is 10.1 Å². The number of anilines is 1. The highest BCUT2D eigenvalue weighted by atomic mass is 79.9. The molecule has 1 amide bonds. The fourth-order valence-electron chi connectivity index (χ4n) is 2.76. The zero-order valence-electron chi connectivity index (χ0n) is 15.0. The number of furan rings is 1. The van der Waals surface area contributed by atoms with Gasteiger partial charge in [-0.15, -0.1) is 11.8 Å². The molecular formula is C20H18BrN3O2S. The lowest BCUT2D eigenvalue weighted by Crippen LogP contribution is -2.18. The molecule has 0 spiro atoms. The van der Waals surface area contributed by atoms with Crippen molar-refractivity contribution in [2.45, 2.75) is 25.3 Å². The van der Waals surface area contributed by atoms with Gasteiger partial charge in [-0.05, 0) is 49.7 Å². The van der Waals surface area contributed by atoms with Crippen LogP contribution in [0.5, 0.6) is 0 Å². The van der Waals surface area contributed by atoms with E-state index in [1.807, 2.05) is 54.8 Å². The number of halogens is 1. The largest absolute Gasteiger partial charge is 0.467 e. The monoisotopic (exact) mass is 443 g/mol. The first kappa shape index (κ1) is 19.3. The minimum atomic E-state index is -0.158. The first-order valence-electron chi connectivity index (χ1n) is 8.30. The molecule has 2 aromatic heterocycles. The molecule has 0 unspecified atom stereocenters. The molecule has 0 saturated carbocycles. The molecule has 0 saturated heterocycles. The smallest absolute Gasteiger partial charge is 0.235 e. The SMILES string of the molecule is Cc1c(C#N)c(NC(=O)CSc2cccc(Br)c2)n(Cc2ccco2)c1C. The third kappa shape index (κ3) is 4.46. The summed E-state index contributed by atoms with van der Waals surface area (Å²) in [5.41, 5.74) is 2.27. The number of thioether (sulfide) groups is 1. The van der Waals surface area contributed by atoms with Gasteiger partial charge < -0.3 is 14.3 Å². The van der Waals surface area contributed by atoms with E-state index in [4.69, 9.17) is 4.42 Å². The molecule has 0 atom stereocenters. The standard InChI is InChI=1S/C20H18BrN3O2S/c1-13-14(2)24(11-16-6-4-8-26-16)20(18(13)10-22)23-19(25)12-27-17-7-3-5-15(21)9-17/h3-9H,11-12H2,1-2H3,(H,23,25). The summed E-state index contributed by atoms with van der Waals surface area (Å²) in [4.78, 5) is 13.5. The first-order chi connectivity index (χ1) is 13.0. The summed E-state index contributed by atoms with van der Waals surface area (Å²) in [7, 11) is 0. The number of nitrogens with one attached hydrogen (secondary N) is 1. The third-order valence-corrected chi connectivity index (χ3v) is 5.75. The van der Waals surface area contributed by atoms with Gasteiger partial charge in [0, 0.05) is 15.1 Å². The molecule has 1 N–H and O–H groups in total. The quantitative estimate of drug-likeness (QED) is 0.537. The second kappa shape index (κ2) is 8.51. The average molecular weight is 444 g/mol. The van der Waals surface area contributed by atoms with Crippen molar-refractivity contribution in [3.05, 3.63) is 69.7 Å². The lowest BCUT2D eigenvalue weighted by Gasteiger charge is -2.12.